The number of benzene rings is 3. The molecule has 2 N–H and O–H groups in total. The molecule has 494 valence electrons. The summed E-state index contributed by atoms with van der Waals surface area (Å²) in [5.41, 5.74) is 15.1. The summed E-state index contributed by atoms with van der Waals surface area (Å²) in [5, 5.41) is 39.0. The van der Waals surface area contributed by atoms with Gasteiger partial charge >= 0.3 is 0 Å². The average molecular weight is 1320 g/mol. The van der Waals surface area contributed by atoms with Crippen molar-refractivity contribution in [2.75, 3.05) is 46.2 Å². The lowest BCUT2D eigenvalue weighted by Gasteiger charge is -2.31. The van der Waals surface area contributed by atoms with Gasteiger partial charge in [-0.3, -0.25) is 28.1 Å². The van der Waals surface area contributed by atoms with Crippen LogP contribution in [0.1, 0.15) is 63.1 Å². The molecule has 12 aromatic rings. The number of piperidine rings is 2. The van der Waals surface area contributed by atoms with E-state index in [0.717, 1.165) is 161 Å². The van der Waals surface area contributed by atoms with Gasteiger partial charge in [0.25, 0.3) is 0 Å². The van der Waals surface area contributed by atoms with Crippen LogP contribution in [-0.4, -0.2) is 154 Å². The Bertz CT molecular complexity index is 4750. The van der Waals surface area contributed by atoms with Crippen molar-refractivity contribution in [1.29, 1.82) is 5.26 Å². The van der Waals surface area contributed by atoms with Gasteiger partial charge < -0.3 is 15.0 Å². The van der Waals surface area contributed by atoms with Crippen molar-refractivity contribution in [3.63, 3.8) is 0 Å². The fourth-order valence-electron chi connectivity index (χ4n) is 12.8. The zero-order valence-electron chi connectivity index (χ0n) is 54.8. The molecule has 0 radical (unpaired) electrons. The van der Waals surface area contributed by atoms with E-state index >= 15 is 0 Å². The summed E-state index contributed by atoms with van der Waals surface area (Å²) in [6, 6.07) is 25.3. The van der Waals surface area contributed by atoms with Gasteiger partial charge in [0.05, 0.1) is 68.2 Å². The molecule has 0 amide bonds. The van der Waals surface area contributed by atoms with Crippen LogP contribution in [0.15, 0.2) is 184 Å². The molecular weight excluding hydrogens is 1240 g/mol. The molecule has 11 heterocycles. The van der Waals surface area contributed by atoms with E-state index in [2.05, 4.69) is 118 Å². The maximum atomic E-state index is 11.6. The lowest BCUT2D eigenvalue weighted by atomic mass is 9.92. The fourth-order valence-corrected chi connectivity index (χ4v) is 13.7. The maximum Gasteiger partial charge on any atom is 0.208 e. The molecule has 3 aliphatic rings. The minimum Gasteiger partial charge on any atom is -0.384 e. The molecule has 2 saturated heterocycles. The summed E-state index contributed by atoms with van der Waals surface area (Å²) in [6.45, 7) is 4.24. The number of methoxy groups -OCH3 is 1. The molecule has 2 aliphatic heterocycles. The van der Waals surface area contributed by atoms with Crippen LogP contribution < -0.4 is 10.0 Å². The van der Waals surface area contributed by atoms with Crippen LogP contribution >= 0.6 is 0 Å². The number of ether oxygens (including phenoxy) is 1. The van der Waals surface area contributed by atoms with Crippen LogP contribution in [0.2, 0.25) is 0 Å². The van der Waals surface area contributed by atoms with Crippen LogP contribution in [0.25, 0.3) is 101 Å². The Morgan fingerprint density at radius 2 is 0.897 bits per heavy atom. The summed E-state index contributed by atoms with van der Waals surface area (Å²) in [6.07, 6.45) is 44.2. The first-order valence-corrected chi connectivity index (χ1v) is 34.3. The second-order valence-electron chi connectivity index (χ2n) is 25.0. The highest BCUT2D eigenvalue weighted by Crippen LogP contribution is 2.34. The number of likely N-dealkylation sites (tertiary alicyclic amines) is 1. The number of nitrogens with one attached hydrogen (secondary N) is 2. The summed E-state index contributed by atoms with van der Waals surface area (Å²) < 4.78 is 42.8. The third kappa shape index (κ3) is 16.0. The second-order valence-corrected chi connectivity index (χ2v) is 26.7. The van der Waals surface area contributed by atoms with Crippen molar-refractivity contribution >= 4 is 10.0 Å². The minimum atomic E-state index is -3.21. The van der Waals surface area contributed by atoms with Gasteiger partial charge in [-0.05, 0) is 86.4 Å². The number of aryl methyl sites for hydroxylation is 3. The van der Waals surface area contributed by atoms with E-state index in [0.29, 0.717) is 35.5 Å². The van der Waals surface area contributed by atoms with Gasteiger partial charge in [-0.15, -0.1) is 0 Å². The predicted octanol–water partition coefficient (Wildman–Crippen LogP) is 10.2. The fraction of sp³-hybridized carbons (Fsp3) is 0.310. The lowest BCUT2D eigenvalue weighted by molar-refractivity contribution is 0.101. The highest BCUT2D eigenvalue weighted by Gasteiger charge is 2.29. The summed E-state index contributed by atoms with van der Waals surface area (Å²) >= 11 is 0. The number of nitrogens with zero attached hydrogens (tertiary/aromatic N) is 20. The molecule has 4 atom stereocenters. The Morgan fingerprint density at radius 3 is 1.31 bits per heavy atom. The molecule has 3 unspecified atom stereocenters. The summed E-state index contributed by atoms with van der Waals surface area (Å²) in [4.78, 5) is 29.4. The molecule has 1 aliphatic carbocycles. The van der Waals surface area contributed by atoms with Crippen LogP contribution in [-0.2, 0) is 35.9 Å². The van der Waals surface area contributed by atoms with Gasteiger partial charge in [-0.25, -0.2) is 43.0 Å². The van der Waals surface area contributed by atoms with Crippen LogP contribution in [0.4, 0.5) is 0 Å². The minimum absolute atomic E-state index is 0.0496. The van der Waals surface area contributed by atoms with Crippen LogP contribution in [0.5, 0.6) is 0 Å². The number of aromatic nitrogens is 18. The molecule has 0 bridgehead atoms. The largest absolute Gasteiger partial charge is 0.384 e. The number of hydrogen-bond donors (Lipinski definition) is 2. The summed E-state index contributed by atoms with van der Waals surface area (Å²) in [5.74, 6) is 2.45. The Kier molecular flexibility index (Phi) is 19.8. The molecular formula is C71H76N22O3S. The third-order valence-corrected chi connectivity index (χ3v) is 18.7. The van der Waals surface area contributed by atoms with Crippen molar-refractivity contribution in [2.24, 2.45) is 27.1 Å². The Labute approximate surface area is 563 Å². The predicted molar refractivity (Wildman–Crippen MR) is 369 cm³/mol. The lowest BCUT2D eigenvalue weighted by Crippen LogP contribution is -2.40. The van der Waals surface area contributed by atoms with Crippen molar-refractivity contribution in [2.45, 2.75) is 69.1 Å². The standard InChI is InChI=1S/C24H27N7O2S.C24H27N7O.C23H22N8/c1-30-15-20(13-27-30)17-5-3-6-18(9-17)24-25-11-19(12-26-24)21-14-28-31(16-21)23-8-4-7-22(10-23)29-34(2,32)33;1-30-14-20(12-28-30)17-4-3-5-18(8-17)24-26-10-19(11-27-24)21-13-29-31(15-21)23-6-7-25-9-22(23)16-32-2;1-29-14-20(12-27-29)17-3-2-4-18(9-17)23-25-10-19(11-26-23)21-13-28-31(15-21)22-5-7-30(16-24)8-6-22/h3,5-6,9,11-16,22-23,29H,4,7-8,10H2,1-2H3;3-5,8,10-15,22-23,25H,6-7,9,16H2,1-2H3;2-4,9-15,22H,5-8H2,1H3/t22-,23?;;/m1../s1. The van der Waals surface area contributed by atoms with E-state index in [1.54, 1.807) is 26.1 Å². The van der Waals surface area contributed by atoms with Crippen LogP contribution in [0.3, 0.4) is 0 Å². The highest BCUT2D eigenvalue weighted by molar-refractivity contribution is 7.88. The average Bonchev–Trinajstić information content (AvgIpc) is 1.84. The Balaban J connectivity index is 0.000000131. The second kappa shape index (κ2) is 29.5. The van der Waals surface area contributed by atoms with Crippen molar-refractivity contribution < 1.29 is 13.2 Å². The molecule has 9 aromatic heterocycles. The van der Waals surface area contributed by atoms with Crippen molar-refractivity contribution in [3.05, 3.63) is 184 Å². The number of nitriles is 1. The van der Waals surface area contributed by atoms with E-state index in [4.69, 9.17) is 10.00 Å². The number of sulfonamides is 1. The molecule has 25 nitrogen and oxygen atoms in total. The van der Waals surface area contributed by atoms with Gasteiger partial charge in [0, 0.05) is 201 Å². The van der Waals surface area contributed by atoms with Crippen LogP contribution in [0, 0.1) is 17.4 Å². The Hall–Kier alpha value is -10.7. The third-order valence-electron chi connectivity index (χ3n) is 17.9. The molecule has 0 spiro atoms. The first kappa shape index (κ1) is 65.0. The molecule has 3 fully saturated rings. The topological polar surface area (TPSA) is 279 Å². The zero-order chi connectivity index (χ0) is 66.8. The van der Waals surface area contributed by atoms with Crippen molar-refractivity contribution in [1.82, 2.24) is 104 Å². The highest BCUT2D eigenvalue weighted by atomic mass is 32.2. The van der Waals surface area contributed by atoms with Gasteiger partial charge in [0.1, 0.15) is 0 Å². The van der Waals surface area contributed by atoms with Gasteiger partial charge in [0.15, 0.2) is 23.7 Å². The maximum absolute atomic E-state index is 11.6. The first-order valence-electron chi connectivity index (χ1n) is 32.4. The van der Waals surface area contributed by atoms with E-state index in [-0.39, 0.29) is 12.1 Å². The van der Waals surface area contributed by atoms with E-state index < -0.39 is 10.0 Å². The Morgan fingerprint density at radius 1 is 0.495 bits per heavy atom. The molecule has 3 aromatic carbocycles. The molecule has 15 rings (SSSR count). The van der Waals surface area contributed by atoms with Gasteiger partial charge in [-0.1, -0.05) is 54.6 Å². The quantitative estimate of drug-likeness (QED) is 0.0851. The smallest absolute Gasteiger partial charge is 0.208 e. The normalized spacial score (nSPS) is 17.4. The summed E-state index contributed by atoms with van der Waals surface area (Å²) in [7, 11) is 4.27. The molecule has 1 saturated carbocycles. The number of rotatable bonds is 16. The molecule has 97 heavy (non-hydrogen) atoms. The van der Waals surface area contributed by atoms with Gasteiger partial charge in [-0.2, -0.15) is 35.9 Å². The first-order chi connectivity index (χ1) is 47.2. The zero-order valence-corrected chi connectivity index (χ0v) is 55.6. The van der Waals surface area contributed by atoms with E-state index in [9.17, 15) is 8.42 Å². The van der Waals surface area contributed by atoms with Crippen molar-refractivity contribution in [3.8, 4) is 107 Å². The van der Waals surface area contributed by atoms with E-state index in [1.807, 2.05) is 178 Å². The van der Waals surface area contributed by atoms with Gasteiger partial charge in [0.2, 0.25) is 10.0 Å². The van der Waals surface area contributed by atoms with E-state index in [1.165, 1.54) is 6.26 Å². The number of hydrogen-bond acceptors (Lipinski definition) is 18. The SMILES string of the molecule is COCC1CNCCC1n1cc(-c2cnc(-c3cccc(-c4cnn(C)c4)c3)nc2)cn1.Cn1cc(-c2cccc(-c3ncc(-c4cnn(C5CCC[C@@H](NS(C)(=O)=O)C5)c4)cn3)c2)cn1.Cn1cc(-c2cccc(-c3ncc(-c4cnn(C5CCN(C#N)CC5)c4)cn3)c2)cn1. The molecule has 26 heteroatoms. The monoisotopic (exact) mass is 1320 g/mol.